The lowest BCUT2D eigenvalue weighted by Gasteiger charge is -2.29. The summed E-state index contributed by atoms with van der Waals surface area (Å²) in [6.07, 6.45) is -1.05. The summed E-state index contributed by atoms with van der Waals surface area (Å²) in [5.74, 6) is 0.581. The van der Waals surface area contributed by atoms with E-state index in [4.69, 9.17) is 4.74 Å². The number of benzene rings is 2. The van der Waals surface area contributed by atoms with E-state index in [2.05, 4.69) is 9.44 Å². The van der Waals surface area contributed by atoms with E-state index >= 15 is 0 Å². The van der Waals surface area contributed by atoms with Crippen LogP contribution in [0.5, 0.6) is 5.75 Å². The van der Waals surface area contributed by atoms with Crippen LogP contribution in [0.25, 0.3) is 0 Å². The van der Waals surface area contributed by atoms with Crippen molar-refractivity contribution in [2.75, 3.05) is 4.72 Å². The maximum absolute atomic E-state index is 13.0. The summed E-state index contributed by atoms with van der Waals surface area (Å²) in [5.41, 5.74) is 4.32. The van der Waals surface area contributed by atoms with Gasteiger partial charge in [-0.05, 0) is 40.7 Å². The van der Waals surface area contributed by atoms with Gasteiger partial charge in [0.25, 0.3) is 0 Å². The molecule has 0 radical (unpaired) electrons. The number of amides is 1. The lowest BCUT2D eigenvalue weighted by molar-refractivity contribution is 0.205. The molecule has 2 aromatic rings. The number of hydrogen-bond donors (Lipinski definition) is 2. The predicted octanol–water partition coefficient (Wildman–Crippen LogP) is 7.28. The summed E-state index contributed by atoms with van der Waals surface area (Å²) in [4.78, 5) is 12.9. The van der Waals surface area contributed by atoms with Crippen molar-refractivity contribution in [1.82, 2.24) is 4.72 Å². The molecule has 2 rings (SSSR count). The van der Waals surface area contributed by atoms with Gasteiger partial charge in [-0.3, -0.25) is 4.72 Å². The van der Waals surface area contributed by atoms with Gasteiger partial charge in [-0.2, -0.15) is 8.42 Å². The Hall–Kier alpha value is -2.54. The van der Waals surface area contributed by atoms with E-state index in [0.29, 0.717) is 11.4 Å². The SMILES string of the molecule is Cc1cc(C(C)(C)C)c(OC(=O)NS(=O)(=O)Nc2c(C(C)C)cccc2C(C)C)c(C(C)(C)C)c1. The third kappa shape index (κ3) is 7.23. The Balaban J connectivity index is 2.45. The van der Waals surface area contributed by atoms with Crippen LogP contribution in [0.15, 0.2) is 30.3 Å². The minimum atomic E-state index is -4.25. The van der Waals surface area contributed by atoms with E-state index in [-0.39, 0.29) is 22.7 Å². The van der Waals surface area contributed by atoms with Crippen LogP contribution in [0.4, 0.5) is 10.5 Å². The van der Waals surface area contributed by atoms with Crippen LogP contribution in [0.3, 0.4) is 0 Å². The standard InChI is InChI=1S/C28H42N2O4S/c1-17(2)20-13-12-14-21(18(3)4)24(20)29-35(32,33)30-26(31)34-25-22(27(6,7)8)15-19(5)16-23(25)28(9,10)11/h12-18,29H,1-11H3,(H,30,31). The maximum atomic E-state index is 13.0. The summed E-state index contributed by atoms with van der Waals surface area (Å²) in [6.45, 7) is 22.2. The lowest BCUT2D eigenvalue weighted by atomic mass is 9.78. The molecule has 0 aliphatic rings. The molecule has 0 atom stereocenters. The summed E-state index contributed by atoms with van der Waals surface area (Å²) in [5, 5.41) is 0. The van der Waals surface area contributed by atoms with Gasteiger partial charge in [-0.1, -0.05) is 105 Å². The number of carbonyl (C=O) groups excluding carboxylic acids is 1. The number of nitrogens with one attached hydrogen (secondary N) is 2. The second kappa shape index (κ2) is 10.2. The Kier molecular flexibility index (Phi) is 8.37. The van der Waals surface area contributed by atoms with Crippen molar-refractivity contribution in [2.45, 2.75) is 98.8 Å². The van der Waals surface area contributed by atoms with Crippen molar-refractivity contribution in [3.8, 4) is 5.75 Å². The molecular formula is C28H42N2O4S. The third-order valence-corrected chi connectivity index (χ3v) is 6.78. The number of anilines is 1. The van der Waals surface area contributed by atoms with Crippen molar-refractivity contribution in [1.29, 1.82) is 0 Å². The van der Waals surface area contributed by atoms with Crippen LogP contribution in [-0.2, 0) is 21.0 Å². The predicted molar refractivity (Wildman–Crippen MR) is 145 cm³/mol. The number of rotatable bonds is 6. The molecule has 2 N–H and O–H groups in total. The third-order valence-electron chi connectivity index (χ3n) is 5.87. The van der Waals surface area contributed by atoms with E-state index in [9.17, 15) is 13.2 Å². The topological polar surface area (TPSA) is 84.5 Å². The molecule has 0 saturated carbocycles. The second-order valence-corrected chi connectivity index (χ2v) is 13.3. The molecule has 0 heterocycles. The first kappa shape index (κ1) is 28.7. The smallest absolute Gasteiger partial charge is 0.409 e. The van der Waals surface area contributed by atoms with Crippen LogP contribution in [0.1, 0.15) is 109 Å². The largest absolute Gasteiger partial charge is 0.427 e. The molecule has 0 unspecified atom stereocenters. The van der Waals surface area contributed by atoms with Gasteiger partial charge < -0.3 is 4.74 Å². The molecule has 0 spiro atoms. The average Bonchev–Trinajstić information content (AvgIpc) is 2.66. The number of ether oxygens (including phenoxy) is 1. The Morgan fingerprint density at radius 1 is 0.857 bits per heavy atom. The normalized spacial score (nSPS) is 12.7. The molecule has 194 valence electrons. The van der Waals surface area contributed by atoms with Gasteiger partial charge in [0.15, 0.2) is 0 Å². The average molecular weight is 503 g/mol. The van der Waals surface area contributed by atoms with Gasteiger partial charge >= 0.3 is 16.3 Å². The monoisotopic (exact) mass is 502 g/mol. The van der Waals surface area contributed by atoms with Gasteiger partial charge in [0.2, 0.25) is 0 Å². The van der Waals surface area contributed by atoms with Gasteiger partial charge in [-0.25, -0.2) is 9.52 Å². The van der Waals surface area contributed by atoms with Crippen molar-refractivity contribution in [3.63, 3.8) is 0 Å². The molecule has 0 aliphatic carbocycles. The molecule has 35 heavy (non-hydrogen) atoms. The van der Waals surface area contributed by atoms with Crippen LogP contribution >= 0.6 is 0 Å². The fourth-order valence-corrected chi connectivity index (χ4v) is 4.87. The van der Waals surface area contributed by atoms with Gasteiger partial charge in [-0.15, -0.1) is 0 Å². The van der Waals surface area contributed by atoms with Gasteiger partial charge in [0, 0.05) is 11.1 Å². The molecule has 7 heteroatoms. The number of hydrogen-bond acceptors (Lipinski definition) is 4. The first-order chi connectivity index (χ1) is 15.8. The molecule has 2 aromatic carbocycles. The number of para-hydroxylation sites is 1. The Labute approximate surface area is 212 Å². The Morgan fingerprint density at radius 3 is 1.66 bits per heavy atom. The highest BCUT2D eigenvalue weighted by Crippen LogP contribution is 2.41. The maximum Gasteiger partial charge on any atom is 0.427 e. The first-order valence-corrected chi connectivity index (χ1v) is 13.6. The summed E-state index contributed by atoms with van der Waals surface area (Å²) >= 11 is 0. The second-order valence-electron chi connectivity index (χ2n) is 11.9. The zero-order valence-corrected chi connectivity index (χ0v) is 23.9. The minimum absolute atomic E-state index is 0.0922. The van der Waals surface area contributed by atoms with Crippen molar-refractivity contribution in [2.24, 2.45) is 0 Å². The Morgan fingerprint density at radius 2 is 1.29 bits per heavy atom. The van der Waals surface area contributed by atoms with E-state index in [0.717, 1.165) is 27.8 Å². The van der Waals surface area contributed by atoms with Crippen molar-refractivity contribution in [3.05, 3.63) is 58.1 Å². The Bertz CT molecular complexity index is 1120. The molecule has 0 aliphatic heterocycles. The van der Waals surface area contributed by atoms with Crippen LogP contribution in [0, 0.1) is 6.92 Å². The van der Waals surface area contributed by atoms with Crippen LogP contribution in [0.2, 0.25) is 0 Å². The van der Waals surface area contributed by atoms with Gasteiger partial charge in [0.1, 0.15) is 5.75 Å². The van der Waals surface area contributed by atoms with E-state index in [1.54, 1.807) is 0 Å². The van der Waals surface area contributed by atoms with Crippen molar-refractivity contribution >= 4 is 22.0 Å². The molecule has 0 aromatic heterocycles. The molecule has 0 fully saturated rings. The summed E-state index contributed by atoms with van der Waals surface area (Å²) < 4.78 is 36.5. The zero-order valence-electron chi connectivity index (χ0n) is 23.1. The van der Waals surface area contributed by atoms with E-state index in [1.807, 2.05) is 106 Å². The molecular weight excluding hydrogens is 460 g/mol. The van der Waals surface area contributed by atoms with Crippen LogP contribution in [-0.4, -0.2) is 14.5 Å². The number of aryl methyl sites for hydroxylation is 1. The highest BCUT2D eigenvalue weighted by molar-refractivity contribution is 7.91. The lowest BCUT2D eigenvalue weighted by Crippen LogP contribution is -2.38. The molecule has 0 saturated heterocycles. The van der Waals surface area contributed by atoms with E-state index in [1.165, 1.54) is 0 Å². The molecule has 1 amide bonds. The van der Waals surface area contributed by atoms with Crippen molar-refractivity contribution < 1.29 is 17.9 Å². The zero-order chi connectivity index (χ0) is 26.9. The fraction of sp³-hybridized carbons (Fsp3) is 0.536. The number of carbonyl (C=O) groups is 1. The summed E-state index contributed by atoms with van der Waals surface area (Å²) in [6, 6.07) is 9.68. The highest BCUT2D eigenvalue weighted by atomic mass is 32.2. The van der Waals surface area contributed by atoms with Gasteiger partial charge in [0.05, 0.1) is 5.69 Å². The summed E-state index contributed by atoms with van der Waals surface area (Å²) in [7, 11) is -4.25. The molecule has 6 nitrogen and oxygen atoms in total. The first-order valence-electron chi connectivity index (χ1n) is 12.1. The quantitative estimate of drug-likeness (QED) is 0.435. The minimum Gasteiger partial charge on any atom is -0.409 e. The highest BCUT2D eigenvalue weighted by Gasteiger charge is 2.30. The van der Waals surface area contributed by atoms with E-state index < -0.39 is 16.3 Å². The molecule has 0 bridgehead atoms. The fourth-order valence-electron chi connectivity index (χ4n) is 4.05. The van der Waals surface area contributed by atoms with Crippen LogP contribution < -0.4 is 14.2 Å².